The molecule has 1 aromatic heterocycles. The Morgan fingerprint density at radius 2 is 2.28 bits per heavy atom. The molecule has 0 saturated carbocycles. The van der Waals surface area contributed by atoms with Gasteiger partial charge in [-0.25, -0.2) is 0 Å². The van der Waals surface area contributed by atoms with Gasteiger partial charge in [0.05, 0.1) is 24.9 Å². The highest BCUT2D eigenvalue weighted by Gasteiger charge is 2.41. The molecule has 1 heterocycles. The first-order valence-electron chi connectivity index (χ1n) is 5.92. The number of alkyl halides is 1. The van der Waals surface area contributed by atoms with E-state index >= 15 is 0 Å². The highest BCUT2D eigenvalue weighted by atomic mass is 127. The first kappa shape index (κ1) is 15.5. The third-order valence-electron chi connectivity index (χ3n) is 2.62. The molecule has 18 heavy (non-hydrogen) atoms. The lowest BCUT2D eigenvalue weighted by molar-refractivity contribution is -0.164. The molecule has 0 aromatic carbocycles. The zero-order valence-corrected chi connectivity index (χ0v) is 13.1. The van der Waals surface area contributed by atoms with Gasteiger partial charge in [-0.15, -0.1) is 0 Å². The van der Waals surface area contributed by atoms with E-state index in [1.807, 2.05) is 19.9 Å². The minimum absolute atomic E-state index is 0.278. The highest BCUT2D eigenvalue weighted by molar-refractivity contribution is 14.1. The molecule has 0 amide bonds. The fraction of sp³-hybridized carbons (Fsp3) is 0.615. The molecule has 1 aromatic rings. The first-order chi connectivity index (χ1) is 8.54. The molecule has 0 aliphatic carbocycles. The summed E-state index contributed by atoms with van der Waals surface area (Å²) in [5.41, 5.74) is -0.778. The van der Waals surface area contributed by atoms with Crippen molar-refractivity contribution >= 4 is 28.6 Å². The van der Waals surface area contributed by atoms with Gasteiger partial charge in [-0.2, -0.15) is 0 Å². The van der Waals surface area contributed by atoms with Gasteiger partial charge in [0.15, 0.2) is 0 Å². The highest BCUT2D eigenvalue weighted by Crippen LogP contribution is 2.38. The van der Waals surface area contributed by atoms with Crippen LogP contribution in [0.5, 0.6) is 0 Å². The number of ether oxygens (including phenoxy) is 2. The fourth-order valence-corrected chi connectivity index (χ4v) is 1.93. The van der Waals surface area contributed by atoms with Gasteiger partial charge < -0.3 is 13.9 Å². The largest absolute Gasteiger partial charge is 0.467 e. The number of hydrogen-bond acceptors (Lipinski definition) is 4. The van der Waals surface area contributed by atoms with Gasteiger partial charge in [-0.3, -0.25) is 4.79 Å². The number of furan rings is 1. The molecule has 5 heteroatoms. The van der Waals surface area contributed by atoms with Crippen molar-refractivity contribution in [2.75, 3.05) is 17.6 Å². The van der Waals surface area contributed by atoms with Crippen LogP contribution in [0.3, 0.4) is 0 Å². The second-order valence-electron chi connectivity index (χ2n) is 4.40. The van der Waals surface area contributed by atoms with Crippen molar-refractivity contribution in [3.8, 4) is 0 Å². The molecule has 0 unspecified atom stereocenters. The van der Waals surface area contributed by atoms with E-state index in [4.69, 9.17) is 13.9 Å². The van der Waals surface area contributed by atoms with Crippen molar-refractivity contribution in [1.29, 1.82) is 0 Å². The lowest BCUT2D eigenvalue weighted by Gasteiger charge is -2.30. The van der Waals surface area contributed by atoms with Gasteiger partial charge in [-0.1, -0.05) is 22.6 Å². The van der Waals surface area contributed by atoms with Crippen LogP contribution in [0.1, 0.15) is 32.6 Å². The van der Waals surface area contributed by atoms with E-state index in [0.29, 0.717) is 19.0 Å². The molecular weight excluding hydrogens is 347 g/mol. The second kappa shape index (κ2) is 7.13. The van der Waals surface area contributed by atoms with Gasteiger partial charge in [0.2, 0.25) is 0 Å². The lowest BCUT2D eigenvalue weighted by Crippen LogP contribution is -2.35. The predicted octanol–water partition coefficient (Wildman–Crippen LogP) is 3.36. The van der Waals surface area contributed by atoms with Crippen LogP contribution in [0.2, 0.25) is 0 Å². The molecule has 102 valence electrons. The molecule has 4 nitrogen and oxygen atoms in total. The van der Waals surface area contributed by atoms with Gasteiger partial charge in [0.1, 0.15) is 11.9 Å². The molecular formula is C13H19IO4. The maximum atomic E-state index is 12.0. The summed E-state index contributed by atoms with van der Waals surface area (Å²) in [6.45, 7) is 6.34. The number of esters is 1. The van der Waals surface area contributed by atoms with E-state index in [-0.39, 0.29) is 5.97 Å². The topological polar surface area (TPSA) is 48.7 Å². The minimum Gasteiger partial charge on any atom is -0.467 e. The summed E-state index contributed by atoms with van der Waals surface area (Å²) in [4.78, 5) is 12.0. The molecule has 1 rings (SSSR count). The van der Waals surface area contributed by atoms with Crippen LogP contribution in [0, 0.1) is 5.41 Å². The second-order valence-corrected chi connectivity index (χ2v) is 5.48. The Hall–Kier alpha value is -0.560. The normalized spacial score (nSPS) is 13.3. The molecule has 0 saturated heterocycles. The Balaban J connectivity index is 2.91. The predicted molar refractivity (Wildman–Crippen MR) is 76.7 cm³/mol. The first-order valence-corrected chi connectivity index (χ1v) is 7.44. The van der Waals surface area contributed by atoms with Crippen LogP contribution in [0.15, 0.2) is 22.8 Å². The molecule has 0 fully saturated rings. The van der Waals surface area contributed by atoms with Crippen molar-refractivity contribution in [3.63, 3.8) is 0 Å². The summed E-state index contributed by atoms with van der Waals surface area (Å²) in [5, 5.41) is 0. The fourth-order valence-electron chi connectivity index (χ4n) is 1.67. The van der Waals surface area contributed by atoms with Gasteiger partial charge >= 0.3 is 5.97 Å². The average molecular weight is 366 g/mol. The average Bonchev–Trinajstić information content (AvgIpc) is 2.83. The van der Waals surface area contributed by atoms with Crippen LogP contribution in [0.25, 0.3) is 0 Å². The number of hydrogen-bond donors (Lipinski definition) is 0. The summed E-state index contributed by atoms with van der Waals surface area (Å²) in [5.74, 6) is 0.373. The van der Waals surface area contributed by atoms with Crippen LogP contribution < -0.4 is 0 Å². The van der Waals surface area contributed by atoms with Crippen LogP contribution in [0.4, 0.5) is 0 Å². The van der Waals surface area contributed by atoms with Crippen molar-refractivity contribution in [1.82, 2.24) is 0 Å². The number of carbonyl (C=O) groups excluding carboxylic acids is 1. The molecule has 0 aliphatic heterocycles. The number of halogens is 1. The van der Waals surface area contributed by atoms with Gasteiger partial charge in [0.25, 0.3) is 0 Å². The molecule has 0 spiro atoms. The van der Waals surface area contributed by atoms with E-state index in [1.54, 1.807) is 19.3 Å². The zero-order chi connectivity index (χ0) is 13.6. The monoisotopic (exact) mass is 366 g/mol. The van der Waals surface area contributed by atoms with E-state index in [2.05, 4.69) is 22.6 Å². The van der Waals surface area contributed by atoms with E-state index in [0.717, 1.165) is 4.43 Å². The SMILES string of the molecule is CCOC(=O)C(C)(C)[C@@H](OCCI)c1ccco1. The third-order valence-corrected chi connectivity index (χ3v) is 3.06. The van der Waals surface area contributed by atoms with E-state index in [1.165, 1.54) is 0 Å². The maximum absolute atomic E-state index is 12.0. The quantitative estimate of drug-likeness (QED) is 0.422. The minimum atomic E-state index is -0.778. The molecule has 0 bridgehead atoms. The van der Waals surface area contributed by atoms with Crippen LogP contribution >= 0.6 is 22.6 Å². The van der Waals surface area contributed by atoms with Crippen LogP contribution in [-0.4, -0.2) is 23.6 Å². The summed E-state index contributed by atoms with van der Waals surface area (Å²) in [7, 11) is 0. The molecule has 0 N–H and O–H groups in total. The summed E-state index contributed by atoms with van der Waals surface area (Å²) >= 11 is 2.23. The Morgan fingerprint density at radius 1 is 1.56 bits per heavy atom. The molecule has 0 radical (unpaired) electrons. The van der Waals surface area contributed by atoms with Crippen molar-refractivity contribution in [3.05, 3.63) is 24.2 Å². The van der Waals surface area contributed by atoms with Crippen LogP contribution in [-0.2, 0) is 14.3 Å². The van der Waals surface area contributed by atoms with E-state index in [9.17, 15) is 4.79 Å². The smallest absolute Gasteiger partial charge is 0.314 e. The lowest BCUT2D eigenvalue weighted by atomic mass is 9.85. The number of rotatable bonds is 7. The van der Waals surface area contributed by atoms with Crippen molar-refractivity contribution in [2.45, 2.75) is 26.9 Å². The Labute approximate surface area is 121 Å². The summed E-state index contributed by atoms with van der Waals surface area (Å²) in [6, 6.07) is 3.61. The Bertz CT molecular complexity index is 359. The van der Waals surface area contributed by atoms with Crippen molar-refractivity contribution in [2.24, 2.45) is 5.41 Å². The van der Waals surface area contributed by atoms with Crippen molar-refractivity contribution < 1.29 is 18.7 Å². The third kappa shape index (κ3) is 3.71. The maximum Gasteiger partial charge on any atom is 0.314 e. The molecule has 1 atom stereocenters. The Kier molecular flexibility index (Phi) is 6.14. The standard InChI is InChI=1S/C13H19IO4/c1-4-16-12(15)13(2,3)11(18-9-7-14)10-6-5-8-17-10/h5-6,8,11H,4,7,9H2,1-3H3/t11-/m0/s1. The zero-order valence-electron chi connectivity index (χ0n) is 10.9. The Morgan fingerprint density at radius 3 is 2.78 bits per heavy atom. The molecule has 0 aliphatic rings. The van der Waals surface area contributed by atoms with Gasteiger partial charge in [0, 0.05) is 4.43 Å². The number of carbonyl (C=O) groups is 1. The van der Waals surface area contributed by atoms with E-state index < -0.39 is 11.5 Å². The van der Waals surface area contributed by atoms with Gasteiger partial charge in [-0.05, 0) is 32.9 Å². The summed E-state index contributed by atoms with van der Waals surface area (Å²) in [6.07, 6.45) is 1.15. The summed E-state index contributed by atoms with van der Waals surface area (Å²) < 4.78 is 17.1.